The monoisotopic (exact) mass is 638 g/mol. The lowest BCUT2D eigenvalue weighted by molar-refractivity contribution is -0.149. The summed E-state index contributed by atoms with van der Waals surface area (Å²) in [7, 11) is 0. The summed E-state index contributed by atoms with van der Waals surface area (Å²) in [5.41, 5.74) is 5.44. The van der Waals surface area contributed by atoms with Gasteiger partial charge >= 0.3 is 5.97 Å². The van der Waals surface area contributed by atoms with Gasteiger partial charge in [-0.3, -0.25) is 29.0 Å². The number of esters is 1. The minimum absolute atomic E-state index is 0.0259. The molecule has 3 rings (SSSR count). The molecule has 5 amide bonds. The quantitative estimate of drug-likeness (QED) is 0.162. The first-order valence-corrected chi connectivity index (χ1v) is 14.8. The number of carbonyl (C=O) groups excluding carboxylic acids is 6. The Hall–Kier alpha value is -5.01. The molecule has 1 aromatic rings. The van der Waals surface area contributed by atoms with Crippen molar-refractivity contribution >= 4 is 41.2 Å². The number of aliphatic hydroxyl groups is 1. The highest BCUT2D eigenvalue weighted by Crippen LogP contribution is 2.38. The molecule has 1 aliphatic carbocycles. The van der Waals surface area contributed by atoms with Crippen LogP contribution in [0.4, 0.5) is 5.69 Å². The fraction of sp³-hybridized carbons (Fsp3) is 0.469. The van der Waals surface area contributed by atoms with Crippen LogP contribution in [0.5, 0.6) is 0 Å². The van der Waals surface area contributed by atoms with Crippen LogP contribution in [0.2, 0.25) is 0 Å². The van der Waals surface area contributed by atoms with Crippen LogP contribution in [0.15, 0.2) is 60.2 Å². The van der Waals surface area contributed by atoms with Gasteiger partial charge in [0.15, 0.2) is 0 Å². The number of anilines is 1. The molecule has 0 spiro atoms. The van der Waals surface area contributed by atoms with Crippen molar-refractivity contribution in [3.05, 3.63) is 60.2 Å². The van der Waals surface area contributed by atoms with Crippen molar-refractivity contribution in [2.24, 2.45) is 16.6 Å². The highest BCUT2D eigenvalue weighted by atomic mass is 16.5. The number of hydrogen-bond donors (Lipinski definition) is 6. The number of rotatable bonds is 14. The zero-order valence-electron chi connectivity index (χ0n) is 26.6. The fourth-order valence-electron chi connectivity index (χ4n) is 5.64. The minimum atomic E-state index is -1.36. The predicted octanol–water partition coefficient (Wildman–Crippen LogP) is 1.46. The van der Waals surface area contributed by atoms with E-state index >= 15 is 0 Å². The minimum Gasteiger partial charge on any atom is -0.508 e. The van der Waals surface area contributed by atoms with Gasteiger partial charge in [-0.15, -0.1) is 0 Å². The first-order valence-electron chi connectivity index (χ1n) is 14.8. The van der Waals surface area contributed by atoms with E-state index in [1.54, 1.807) is 30.6 Å². The van der Waals surface area contributed by atoms with E-state index in [-0.39, 0.29) is 24.5 Å². The standard InChI is InChI=1S/C32H42N6O8/c1-18(28(43)38-23-12-19-6-7-21(39)13-24(19)46-30(23)45)35-29(44)22(14-25(33)40)37-27(42)16-32(4,5)17-31(2,3)15-26(41)36-20-8-10-34-11-9-20/h6-13,18,22-24,39H,14-17H2,1-5H3,(H2,33,40)(H,35,44)(H,37,42)(H,38,43)(H,34,36,41)/t18-,22+,23?,24?/m0/s1. The molecule has 14 nitrogen and oxygen atoms in total. The van der Waals surface area contributed by atoms with E-state index in [0.29, 0.717) is 17.7 Å². The summed E-state index contributed by atoms with van der Waals surface area (Å²) in [4.78, 5) is 79.6. The summed E-state index contributed by atoms with van der Waals surface area (Å²) >= 11 is 0. The second-order valence-corrected chi connectivity index (χ2v) is 13.1. The molecule has 0 saturated heterocycles. The summed E-state index contributed by atoms with van der Waals surface area (Å²) in [5.74, 6) is -3.89. The number of allylic oxidation sites excluding steroid dienone is 1. The summed E-state index contributed by atoms with van der Waals surface area (Å²) < 4.78 is 5.26. The van der Waals surface area contributed by atoms with E-state index in [2.05, 4.69) is 26.3 Å². The van der Waals surface area contributed by atoms with Gasteiger partial charge in [0, 0.05) is 37.0 Å². The predicted molar refractivity (Wildman–Crippen MR) is 167 cm³/mol. The van der Waals surface area contributed by atoms with Gasteiger partial charge in [-0.1, -0.05) is 33.8 Å². The van der Waals surface area contributed by atoms with Gasteiger partial charge in [-0.05, 0) is 54.0 Å². The molecule has 0 fully saturated rings. The molecule has 46 heavy (non-hydrogen) atoms. The molecule has 7 N–H and O–H groups in total. The fourth-order valence-corrected chi connectivity index (χ4v) is 5.64. The molecule has 0 saturated carbocycles. The molecular weight excluding hydrogens is 596 g/mol. The van der Waals surface area contributed by atoms with Gasteiger partial charge in [-0.2, -0.15) is 0 Å². The Balaban J connectivity index is 1.55. The SMILES string of the molecule is C[C@H](NC(=O)[C@@H](CC(N)=O)NC(=O)CC(C)(C)CC(C)(C)CC(=O)Nc1ccncc1)C(=O)NC1C=C2C=CC(O)=CC2OC1=O. The summed E-state index contributed by atoms with van der Waals surface area (Å²) in [5, 5.41) is 19.9. The number of pyridine rings is 1. The summed E-state index contributed by atoms with van der Waals surface area (Å²) in [6, 6.07) is -0.284. The number of hydrogen-bond acceptors (Lipinski definition) is 9. The molecule has 0 radical (unpaired) electrons. The van der Waals surface area contributed by atoms with E-state index in [4.69, 9.17) is 10.5 Å². The maximum Gasteiger partial charge on any atom is 0.333 e. The van der Waals surface area contributed by atoms with Crippen molar-refractivity contribution in [1.82, 2.24) is 20.9 Å². The molecule has 1 aliphatic heterocycles. The van der Waals surface area contributed by atoms with Crippen LogP contribution in [-0.4, -0.2) is 69.8 Å². The average Bonchev–Trinajstić information content (AvgIpc) is 2.91. The number of amides is 5. The van der Waals surface area contributed by atoms with Crippen LogP contribution in [0.1, 0.15) is 60.3 Å². The second kappa shape index (κ2) is 14.8. The molecular formula is C32H42N6O8. The topological polar surface area (TPSA) is 219 Å². The number of nitrogens with zero attached hydrogens (tertiary/aromatic N) is 1. The molecule has 248 valence electrons. The largest absolute Gasteiger partial charge is 0.508 e. The maximum atomic E-state index is 13.1. The average molecular weight is 639 g/mol. The number of nitrogens with one attached hydrogen (secondary N) is 4. The third-order valence-electron chi connectivity index (χ3n) is 7.26. The van der Waals surface area contributed by atoms with Crippen LogP contribution < -0.4 is 27.0 Å². The van der Waals surface area contributed by atoms with E-state index in [1.165, 1.54) is 25.2 Å². The zero-order chi connectivity index (χ0) is 34.2. The molecule has 2 unspecified atom stereocenters. The number of aromatic nitrogens is 1. The van der Waals surface area contributed by atoms with Crippen molar-refractivity contribution < 1.29 is 38.6 Å². The van der Waals surface area contributed by atoms with Gasteiger partial charge in [0.1, 0.15) is 30.0 Å². The molecule has 0 bridgehead atoms. The van der Waals surface area contributed by atoms with Crippen molar-refractivity contribution in [3.63, 3.8) is 0 Å². The van der Waals surface area contributed by atoms with Crippen molar-refractivity contribution in [1.29, 1.82) is 0 Å². The van der Waals surface area contributed by atoms with E-state index in [0.717, 1.165) is 0 Å². The number of carbonyl (C=O) groups is 6. The van der Waals surface area contributed by atoms with Crippen LogP contribution >= 0.6 is 0 Å². The number of nitrogens with two attached hydrogens (primary N) is 1. The summed E-state index contributed by atoms with van der Waals surface area (Å²) in [6.45, 7) is 8.94. The van der Waals surface area contributed by atoms with Crippen molar-refractivity contribution in [2.75, 3.05) is 5.32 Å². The van der Waals surface area contributed by atoms with Crippen LogP contribution in [0.25, 0.3) is 0 Å². The molecule has 1 aromatic heterocycles. The third-order valence-corrected chi connectivity index (χ3v) is 7.26. The smallest absolute Gasteiger partial charge is 0.333 e. The van der Waals surface area contributed by atoms with Gasteiger partial charge in [-0.25, -0.2) is 4.79 Å². The molecule has 4 atom stereocenters. The molecule has 2 aliphatic rings. The van der Waals surface area contributed by atoms with Crippen molar-refractivity contribution in [3.8, 4) is 0 Å². The Morgan fingerprint density at radius 1 is 0.957 bits per heavy atom. The van der Waals surface area contributed by atoms with E-state index in [9.17, 15) is 33.9 Å². The van der Waals surface area contributed by atoms with Gasteiger partial charge in [0.05, 0.1) is 6.42 Å². The first kappa shape index (κ1) is 35.5. The van der Waals surface area contributed by atoms with E-state index in [1.807, 2.05) is 27.7 Å². The number of primary amides is 1. The molecule has 0 aromatic carbocycles. The van der Waals surface area contributed by atoms with Crippen LogP contribution in [0, 0.1) is 10.8 Å². The number of aliphatic hydroxyl groups excluding tert-OH is 1. The Kier molecular flexibility index (Phi) is 11.4. The number of ether oxygens (including phenoxy) is 1. The van der Waals surface area contributed by atoms with Gasteiger partial charge < -0.3 is 36.8 Å². The highest BCUT2D eigenvalue weighted by Gasteiger charge is 2.35. The Morgan fingerprint density at radius 2 is 1.59 bits per heavy atom. The molecule has 14 heteroatoms. The third kappa shape index (κ3) is 10.9. The second-order valence-electron chi connectivity index (χ2n) is 13.1. The summed E-state index contributed by atoms with van der Waals surface area (Å²) in [6.07, 6.45) is 8.32. The maximum absolute atomic E-state index is 13.1. The Bertz CT molecular complexity index is 1450. The lowest BCUT2D eigenvalue weighted by Gasteiger charge is -2.34. The number of fused-ring (bicyclic) bond motifs is 1. The van der Waals surface area contributed by atoms with Crippen LogP contribution in [0.3, 0.4) is 0 Å². The highest BCUT2D eigenvalue weighted by molar-refractivity contribution is 5.96. The van der Waals surface area contributed by atoms with E-state index < -0.39 is 71.1 Å². The normalized spacial score (nSPS) is 18.8. The van der Waals surface area contributed by atoms with Crippen molar-refractivity contribution in [2.45, 2.75) is 84.5 Å². The molecule has 2 heterocycles. The Labute approximate surface area is 267 Å². The van der Waals surface area contributed by atoms with Gasteiger partial charge in [0.2, 0.25) is 29.5 Å². The van der Waals surface area contributed by atoms with Crippen LogP contribution in [-0.2, 0) is 33.5 Å². The lowest BCUT2D eigenvalue weighted by atomic mass is 9.71. The Morgan fingerprint density at radius 3 is 2.22 bits per heavy atom. The zero-order valence-corrected chi connectivity index (χ0v) is 26.6. The van der Waals surface area contributed by atoms with Gasteiger partial charge in [0.25, 0.3) is 0 Å². The first-order chi connectivity index (χ1) is 21.4. The lowest BCUT2D eigenvalue weighted by Crippen LogP contribution is -2.56.